The number of halogens is 2. The maximum Gasteiger partial charge on any atom is 0.254 e. The molecule has 1 saturated carbocycles. The molecule has 1 aliphatic heterocycles. The van der Waals surface area contributed by atoms with Crippen molar-refractivity contribution in [3.05, 3.63) is 75.2 Å². The van der Waals surface area contributed by atoms with Crippen molar-refractivity contribution in [1.29, 1.82) is 0 Å². The molecule has 0 spiro atoms. The minimum Gasteiger partial charge on any atom is -0.488 e. The maximum atomic E-state index is 12.7. The summed E-state index contributed by atoms with van der Waals surface area (Å²) in [6.45, 7) is 0.416. The van der Waals surface area contributed by atoms with Crippen LogP contribution in [0.5, 0.6) is 5.75 Å². The number of benzene rings is 2. The number of carbonyl (C=O) groups excluding carboxylic acids is 2. The second-order valence-electron chi connectivity index (χ2n) is 7.84. The number of carbonyl (C=O) groups is 2. The molecular formula is C23H18BrClN2O3. The lowest BCUT2D eigenvalue weighted by molar-refractivity contribution is -0.140. The number of allylic oxidation sites excluding steroid dienone is 2. The summed E-state index contributed by atoms with van der Waals surface area (Å²) in [7, 11) is 0. The highest BCUT2D eigenvalue weighted by Crippen LogP contribution is 2.52. The predicted molar refractivity (Wildman–Crippen MR) is 117 cm³/mol. The summed E-state index contributed by atoms with van der Waals surface area (Å²) in [5.74, 6) is 0.221. The molecule has 2 aliphatic carbocycles. The normalized spacial score (nSPS) is 26.8. The zero-order valence-corrected chi connectivity index (χ0v) is 18.2. The van der Waals surface area contributed by atoms with Gasteiger partial charge in [-0.2, -0.15) is 10.1 Å². The predicted octanol–water partition coefficient (Wildman–Crippen LogP) is 4.82. The van der Waals surface area contributed by atoms with Gasteiger partial charge >= 0.3 is 0 Å². The molecule has 5 nitrogen and oxygen atoms in total. The van der Waals surface area contributed by atoms with Crippen molar-refractivity contribution in [2.75, 3.05) is 0 Å². The van der Waals surface area contributed by atoms with Crippen LogP contribution in [0.1, 0.15) is 17.5 Å². The average Bonchev–Trinajstić information content (AvgIpc) is 3.41. The number of nitrogens with zero attached hydrogens (tertiary/aromatic N) is 2. The minimum absolute atomic E-state index is 0.180. The van der Waals surface area contributed by atoms with Crippen molar-refractivity contribution >= 4 is 45.6 Å². The Morgan fingerprint density at radius 3 is 2.37 bits per heavy atom. The maximum absolute atomic E-state index is 12.7. The molecule has 3 aliphatic rings. The SMILES string of the molecule is O=C1[C@@H]2[C@H](C(=O)N1/N=C\c1ccc(OCc3ccc(Cl)cc3)c(Br)c1)[C@H]1C=C[C@H]2C1. The van der Waals surface area contributed by atoms with E-state index in [1.807, 2.05) is 42.5 Å². The highest BCUT2D eigenvalue weighted by Gasteiger charge is 2.59. The number of rotatable bonds is 5. The molecule has 0 unspecified atom stereocenters. The van der Waals surface area contributed by atoms with Crippen molar-refractivity contribution in [2.24, 2.45) is 28.8 Å². The van der Waals surface area contributed by atoms with Crippen LogP contribution in [0.15, 0.2) is 64.2 Å². The monoisotopic (exact) mass is 484 g/mol. The summed E-state index contributed by atoms with van der Waals surface area (Å²) in [6, 6.07) is 13.0. The lowest BCUT2D eigenvalue weighted by Crippen LogP contribution is -2.28. The Morgan fingerprint density at radius 2 is 1.73 bits per heavy atom. The molecule has 0 radical (unpaired) electrons. The molecule has 1 saturated heterocycles. The van der Waals surface area contributed by atoms with E-state index in [9.17, 15) is 9.59 Å². The third-order valence-electron chi connectivity index (χ3n) is 6.03. The summed E-state index contributed by atoms with van der Waals surface area (Å²) in [4.78, 5) is 25.4. The Hall–Kier alpha value is -2.44. The zero-order valence-electron chi connectivity index (χ0n) is 15.9. The third kappa shape index (κ3) is 3.38. The average molecular weight is 486 g/mol. The van der Waals surface area contributed by atoms with Gasteiger partial charge in [-0.15, -0.1) is 0 Å². The fraction of sp³-hybridized carbons (Fsp3) is 0.261. The first-order chi connectivity index (χ1) is 14.5. The summed E-state index contributed by atoms with van der Waals surface area (Å²) >= 11 is 9.41. The number of amides is 2. The zero-order chi connectivity index (χ0) is 20.8. The van der Waals surface area contributed by atoms with Gasteiger partial charge in [0.05, 0.1) is 22.5 Å². The van der Waals surface area contributed by atoms with Crippen molar-refractivity contribution in [3.63, 3.8) is 0 Å². The van der Waals surface area contributed by atoms with Crippen LogP contribution in [-0.2, 0) is 16.2 Å². The van der Waals surface area contributed by atoms with E-state index < -0.39 is 0 Å². The van der Waals surface area contributed by atoms with Gasteiger partial charge in [-0.3, -0.25) is 9.59 Å². The first kappa shape index (κ1) is 19.5. The van der Waals surface area contributed by atoms with Gasteiger partial charge in [0.15, 0.2) is 0 Å². The second-order valence-corrected chi connectivity index (χ2v) is 9.13. The third-order valence-corrected chi connectivity index (χ3v) is 6.90. The summed E-state index contributed by atoms with van der Waals surface area (Å²) < 4.78 is 6.61. The lowest BCUT2D eigenvalue weighted by Gasteiger charge is -2.13. The van der Waals surface area contributed by atoms with Gasteiger partial charge in [-0.1, -0.05) is 35.9 Å². The molecule has 30 heavy (non-hydrogen) atoms. The number of hydrogen-bond donors (Lipinski definition) is 0. The Labute approximate surface area is 187 Å². The molecule has 2 fully saturated rings. The molecule has 1 heterocycles. The van der Waals surface area contributed by atoms with E-state index >= 15 is 0 Å². The Balaban J connectivity index is 1.26. The molecule has 0 N–H and O–H groups in total. The summed E-state index contributed by atoms with van der Waals surface area (Å²) in [5, 5.41) is 5.96. The molecule has 4 atom stereocenters. The molecule has 7 heteroatoms. The van der Waals surface area contributed by atoms with Crippen LogP contribution >= 0.6 is 27.5 Å². The summed E-state index contributed by atoms with van der Waals surface area (Å²) in [5.41, 5.74) is 1.77. The van der Waals surface area contributed by atoms with E-state index in [0.29, 0.717) is 17.4 Å². The van der Waals surface area contributed by atoms with Crippen molar-refractivity contribution in [1.82, 2.24) is 5.01 Å². The van der Waals surface area contributed by atoms with Gasteiger partial charge in [0, 0.05) is 5.02 Å². The van der Waals surface area contributed by atoms with Crippen LogP contribution in [0.2, 0.25) is 5.02 Å². The fourth-order valence-electron chi connectivity index (χ4n) is 4.58. The van der Waals surface area contributed by atoms with Gasteiger partial charge in [0.1, 0.15) is 12.4 Å². The number of ether oxygens (including phenoxy) is 1. The van der Waals surface area contributed by atoms with Crippen molar-refractivity contribution in [2.45, 2.75) is 13.0 Å². The van der Waals surface area contributed by atoms with Crippen LogP contribution in [0.25, 0.3) is 0 Å². The lowest BCUT2D eigenvalue weighted by atomic mass is 9.85. The number of fused-ring (bicyclic) bond motifs is 5. The van der Waals surface area contributed by atoms with E-state index in [2.05, 4.69) is 33.2 Å². The second kappa shape index (κ2) is 7.67. The quantitative estimate of drug-likeness (QED) is 0.346. The number of hydrazone groups is 1. The highest BCUT2D eigenvalue weighted by molar-refractivity contribution is 9.10. The van der Waals surface area contributed by atoms with Gasteiger partial charge in [-0.05, 0) is 75.6 Å². The Bertz CT molecular complexity index is 1050. The first-order valence-electron chi connectivity index (χ1n) is 9.78. The van der Waals surface area contributed by atoms with E-state index in [-0.39, 0.29) is 35.5 Å². The molecule has 152 valence electrons. The molecule has 5 rings (SSSR count). The topological polar surface area (TPSA) is 59.0 Å². The van der Waals surface area contributed by atoms with E-state index in [1.165, 1.54) is 0 Å². The Kier molecular flexibility index (Phi) is 4.99. The smallest absolute Gasteiger partial charge is 0.254 e. The minimum atomic E-state index is -0.236. The molecule has 0 aromatic heterocycles. The summed E-state index contributed by atoms with van der Waals surface area (Å²) in [6.07, 6.45) is 6.60. The van der Waals surface area contributed by atoms with Gasteiger partial charge in [0.25, 0.3) is 11.8 Å². The fourth-order valence-corrected chi connectivity index (χ4v) is 5.22. The van der Waals surface area contributed by atoms with Gasteiger partial charge in [0.2, 0.25) is 0 Å². The van der Waals surface area contributed by atoms with Crippen LogP contribution in [-0.4, -0.2) is 23.0 Å². The number of imide groups is 1. The van der Waals surface area contributed by atoms with E-state index in [0.717, 1.165) is 27.0 Å². The molecular weight excluding hydrogens is 468 g/mol. The molecule has 2 aromatic rings. The van der Waals surface area contributed by atoms with Crippen LogP contribution in [0.3, 0.4) is 0 Å². The van der Waals surface area contributed by atoms with E-state index in [1.54, 1.807) is 6.21 Å². The highest BCUT2D eigenvalue weighted by atomic mass is 79.9. The Morgan fingerprint density at radius 1 is 1.07 bits per heavy atom. The number of hydrogen-bond acceptors (Lipinski definition) is 4. The van der Waals surface area contributed by atoms with Crippen molar-refractivity contribution in [3.8, 4) is 5.75 Å². The van der Waals surface area contributed by atoms with Crippen LogP contribution in [0.4, 0.5) is 0 Å². The largest absolute Gasteiger partial charge is 0.488 e. The van der Waals surface area contributed by atoms with Gasteiger partial charge in [-0.25, -0.2) is 0 Å². The molecule has 2 amide bonds. The van der Waals surface area contributed by atoms with Crippen molar-refractivity contribution < 1.29 is 14.3 Å². The van der Waals surface area contributed by atoms with Crippen LogP contribution < -0.4 is 4.74 Å². The first-order valence-corrected chi connectivity index (χ1v) is 11.0. The standard InChI is InChI=1S/C23H18BrClN2O3/c24-18-9-14(3-8-19(18)30-12-13-1-6-17(25)7-2-13)11-26-27-22(28)20-15-4-5-16(10-15)21(20)23(27)29/h1-9,11,15-16,20-21H,10,12H2/b26-11-/t15-,16-,20-,21+/m0/s1. The molecule has 2 aromatic carbocycles. The van der Waals surface area contributed by atoms with Crippen LogP contribution in [0, 0.1) is 23.7 Å². The molecule has 2 bridgehead atoms. The van der Waals surface area contributed by atoms with E-state index in [4.69, 9.17) is 16.3 Å². The van der Waals surface area contributed by atoms with Gasteiger partial charge < -0.3 is 4.74 Å².